The molecule has 0 spiro atoms. The number of hydrogen-bond donors (Lipinski definition) is 2. The first-order valence-electron chi connectivity index (χ1n) is 8.68. The highest BCUT2D eigenvalue weighted by molar-refractivity contribution is 9.10. The average Bonchev–Trinajstić information content (AvgIpc) is 3.05. The van der Waals surface area contributed by atoms with E-state index >= 15 is 0 Å². The lowest BCUT2D eigenvalue weighted by molar-refractivity contribution is -0.117. The molecule has 0 saturated carbocycles. The lowest BCUT2D eigenvalue weighted by atomic mass is 10.1. The van der Waals surface area contributed by atoms with Crippen molar-refractivity contribution in [2.24, 2.45) is 0 Å². The number of nitrogens with one attached hydrogen (secondary N) is 2. The van der Waals surface area contributed by atoms with Crippen molar-refractivity contribution < 1.29 is 14.4 Å². The van der Waals surface area contributed by atoms with Crippen LogP contribution in [-0.2, 0) is 16.0 Å². The topological polar surface area (TPSA) is 78.5 Å². The number of hydrogen-bond acceptors (Lipinski definition) is 3. The molecule has 2 aromatic rings. The first-order valence-corrected chi connectivity index (χ1v) is 9.48. The fourth-order valence-corrected chi connectivity index (χ4v) is 3.29. The number of fused-ring (bicyclic) bond motifs is 1. The van der Waals surface area contributed by atoms with Gasteiger partial charge in [0, 0.05) is 47.8 Å². The molecule has 1 heterocycles. The molecule has 140 valence electrons. The molecule has 0 saturated heterocycles. The summed E-state index contributed by atoms with van der Waals surface area (Å²) in [5.74, 6) is -0.364. The molecular formula is C20H20BrN3O3. The summed E-state index contributed by atoms with van der Waals surface area (Å²) in [7, 11) is 0. The van der Waals surface area contributed by atoms with Crippen molar-refractivity contribution in [2.45, 2.75) is 19.8 Å². The maximum Gasteiger partial charge on any atom is 0.251 e. The lowest BCUT2D eigenvalue weighted by Gasteiger charge is -2.15. The van der Waals surface area contributed by atoms with Crippen molar-refractivity contribution in [1.29, 1.82) is 0 Å². The van der Waals surface area contributed by atoms with Crippen LogP contribution in [0.1, 0.15) is 29.3 Å². The zero-order chi connectivity index (χ0) is 19.4. The molecule has 27 heavy (non-hydrogen) atoms. The molecule has 3 amide bonds. The molecule has 1 aliphatic heterocycles. The minimum Gasteiger partial charge on any atom is -0.352 e. The van der Waals surface area contributed by atoms with E-state index in [2.05, 4.69) is 26.6 Å². The lowest BCUT2D eigenvalue weighted by Crippen LogP contribution is -2.27. The van der Waals surface area contributed by atoms with Gasteiger partial charge < -0.3 is 15.5 Å². The summed E-state index contributed by atoms with van der Waals surface area (Å²) in [4.78, 5) is 37.5. The second-order valence-corrected chi connectivity index (χ2v) is 7.24. The Bertz CT molecular complexity index is 881. The van der Waals surface area contributed by atoms with E-state index in [1.165, 1.54) is 0 Å². The van der Waals surface area contributed by atoms with Gasteiger partial charge in [-0.25, -0.2) is 0 Å². The minimum absolute atomic E-state index is 0.0204. The number of carbonyl (C=O) groups is 3. The summed E-state index contributed by atoms with van der Waals surface area (Å²) in [6.45, 7) is 2.47. The quantitative estimate of drug-likeness (QED) is 0.765. The first-order chi connectivity index (χ1) is 12.9. The Morgan fingerprint density at radius 3 is 2.56 bits per heavy atom. The van der Waals surface area contributed by atoms with E-state index in [1.807, 2.05) is 12.1 Å². The Morgan fingerprint density at radius 2 is 1.85 bits per heavy atom. The van der Waals surface area contributed by atoms with Gasteiger partial charge in [-0.15, -0.1) is 0 Å². The standard InChI is InChI=1S/C20H20BrN3O3/c1-13(25)24-11-9-15-12-17(6-7-18(15)24)23-19(26)8-10-22-20(27)14-2-4-16(21)5-3-14/h2-7,12H,8-11H2,1H3,(H,22,27)(H,23,26). The fourth-order valence-electron chi connectivity index (χ4n) is 3.02. The number of carbonyl (C=O) groups excluding carboxylic acids is 3. The molecule has 0 unspecified atom stereocenters. The normalized spacial score (nSPS) is 12.4. The molecule has 0 aliphatic carbocycles. The first kappa shape index (κ1) is 19.1. The van der Waals surface area contributed by atoms with Gasteiger partial charge in [-0.2, -0.15) is 0 Å². The summed E-state index contributed by atoms with van der Waals surface area (Å²) in [6, 6.07) is 12.6. The van der Waals surface area contributed by atoms with Gasteiger partial charge in [-0.05, 0) is 54.4 Å². The summed E-state index contributed by atoms with van der Waals surface area (Å²) in [5.41, 5.74) is 3.20. The van der Waals surface area contributed by atoms with E-state index in [9.17, 15) is 14.4 Å². The Hall–Kier alpha value is -2.67. The molecule has 1 aliphatic rings. The van der Waals surface area contributed by atoms with Crippen molar-refractivity contribution >= 4 is 45.0 Å². The van der Waals surface area contributed by atoms with Crippen LogP contribution in [0.4, 0.5) is 11.4 Å². The van der Waals surface area contributed by atoms with Crippen molar-refractivity contribution in [3.05, 3.63) is 58.1 Å². The highest BCUT2D eigenvalue weighted by Gasteiger charge is 2.22. The third-order valence-corrected chi connectivity index (χ3v) is 4.91. The van der Waals surface area contributed by atoms with Crippen LogP contribution in [-0.4, -0.2) is 30.8 Å². The van der Waals surface area contributed by atoms with Crippen LogP contribution in [0.15, 0.2) is 46.9 Å². The second kappa shape index (κ2) is 8.35. The molecule has 0 bridgehead atoms. The molecular weight excluding hydrogens is 410 g/mol. The van der Waals surface area contributed by atoms with Gasteiger partial charge >= 0.3 is 0 Å². The third kappa shape index (κ3) is 4.74. The van der Waals surface area contributed by atoms with E-state index in [0.717, 1.165) is 22.1 Å². The Balaban J connectivity index is 1.49. The van der Waals surface area contributed by atoms with E-state index in [-0.39, 0.29) is 30.7 Å². The van der Waals surface area contributed by atoms with E-state index in [4.69, 9.17) is 0 Å². The van der Waals surface area contributed by atoms with E-state index in [0.29, 0.717) is 17.8 Å². The molecule has 2 aromatic carbocycles. The maximum absolute atomic E-state index is 12.1. The number of rotatable bonds is 5. The van der Waals surface area contributed by atoms with Crippen LogP contribution in [0.2, 0.25) is 0 Å². The Morgan fingerprint density at radius 1 is 1.11 bits per heavy atom. The number of nitrogens with zero attached hydrogens (tertiary/aromatic N) is 1. The number of anilines is 2. The summed E-state index contributed by atoms with van der Waals surface area (Å²) >= 11 is 3.32. The SMILES string of the molecule is CC(=O)N1CCc2cc(NC(=O)CCNC(=O)c3ccc(Br)cc3)ccc21. The van der Waals surface area contributed by atoms with Crippen LogP contribution in [0.25, 0.3) is 0 Å². The van der Waals surface area contributed by atoms with Crippen molar-refractivity contribution in [3.63, 3.8) is 0 Å². The van der Waals surface area contributed by atoms with Gasteiger partial charge in [0.25, 0.3) is 5.91 Å². The van der Waals surface area contributed by atoms with Crippen molar-refractivity contribution in [2.75, 3.05) is 23.3 Å². The largest absolute Gasteiger partial charge is 0.352 e. The average molecular weight is 430 g/mol. The van der Waals surface area contributed by atoms with E-state index < -0.39 is 0 Å². The zero-order valence-corrected chi connectivity index (χ0v) is 16.5. The molecule has 6 nitrogen and oxygen atoms in total. The summed E-state index contributed by atoms with van der Waals surface area (Å²) in [6.07, 6.45) is 0.959. The Labute approximate surface area is 166 Å². The summed E-state index contributed by atoms with van der Waals surface area (Å²) < 4.78 is 0.902. The van der Waals surface area contributed by atoms with Crippen LogP contribution in [0.3, 0.4) is 0 Å². The van der Waals surface area contributed by atoms with Crippen LogP contribution in [0, 0.1) is 0 Å². The van der Waals surface area contributed by atoms with Gasteiger partial charge in [0.1, 0.15) is 0 Å². The van der Waals surface area contributed by atoms with Gasteiger partial charge in [-0.1, -0.05) is 15.9 Å². The number of amides is 3. The van der Waals surface area contributed by atoms with Crippen LogP contribution >= 0.6 is 15.9 Å². The molecule has 0 aromatic heterocycles. The van der Waals surface area contributed by atoms with Gasteiger partial charge in [0.05, 0.1) is 0 Å². The molecule has 7 heteroatoms. The van der Waals surface area contributed by atoms with Gasteiger partial charge in [0.15, 0.2) is 0 Å². The molecule has 2 N–H and O–H groups in total. The predicted molar refractivity (Wildman–Crippen MR) is 108 cm³/mol. The van der Waals surface area contributed by atoms with Crippen LogP contribution in [0.5, 0.6) is 0 Å². The van der Waals surface area contributed by atoms with E-state index in [1.54, 1.807) is 42.2 Å². The monoisotopic (exact) mass is 429 g/mol. The molecule has 3 rings (SSSR count). The molecule has 0 radical (unpaired) electrons. The Kier molecular flexibility index (Phi) is 5.91. The fraction of sp³-hybridized carbons (Fsp3) is 0.250. The maximum atomic E-state index is 12.1. The summed E-state index contributed by atoms with van der Waals surface area (Å²) in [5, 5.41) is 5.57. The highest BCUT2D eigenvalue weighted by Crippen LogP contribution is 2.30. The van der Waals surface area contributed by atoms with Crippen LogP contribution < -0.4 is 15.5 Å². The van der Waals surface area contributed by atoms with Crippen molar-refractivity contribution in [3.8, 4) is 0 Å². The molecule has 0 atom stereocenters. The zero-order valence-electron chi connectivity index (χ0n) is 14.9. The second-order valence-electron chi connectivity index (χ2n) is 6.33. The predicted octanol–water partition coefficient (Wildman–Crippen LogP) is 3.12. The van der Waals surface area contributed by atoms with Crippen molar-refractivity contribution in [1.82, 2.24) is 5.32 Å². The third-order valence-electron chi connectivity index (χ3n) is 4.38. The van der Waals surface area contributed by atoms with Gasteiger partial charge in [0.2, 0.25) is 11.8 Å². The number of benzene rings is 2. The highest BCUT2D eigenvalue weighted by atomic mass is 79.9. The molecule has 0 fully saturated rings. The smallest absolute Gasteiger partial charge is 0.251 e. The van der Waals surface area contributed by atoms with Gasteiger partial charge in [-0.3, -0.25) is 14.4 Å². The minimum atomic E-state index is -0.211. The number of halogens is 1.